The Kier molecular flexibility index (Phi) is 3.69. The number of aliphatic carboxylic acids is 1. The fourth-order valence-corrected chi connectivity index (χ4v) is 3.29. The van der Waals surface area contributed by atoms with Crippen LogP contribution in [0.1, 0.15) is 6.42 Å². The molecule has 0 radical (unpaired) electrons. The van der Waals surface area contributed by atoms with Gasteiger partial charge in [0.05, 0.1) is 17.5 Å². The summed E-state index contributed by atoms with van der Waals surface area (Å²) < 4.78 is 22.3. The number of amides is 1. The van der Waals surface area contributed by atoms with Crippen LogP contribution >= 0.6 is 0 Å². The lowest BCUT2D eigenvalue weighted by atomic mass is 10.2. The molecule has 16 heavy (non-hydrogen) atoms. The highest BCUT2D eigenvalue weighted by Gasteiger charge is 2.31. The number of carbonyl (C=O) groups is 2. The van der Waals surface area contributed by atoms with E-state index in [1.54, 1.807) is 0 Å². The first-order valence-electron chi connectivity index (χ1n) is 4.68. The highest BCUT2D eigenvalue weighted by molar-refractivity contribution is 7.91. The first-order valence-corrected chi connectivity index (χ1v) is 6.50. The van der Waals surface area contributed by atoms with E-state index in [9.17, 15) is 23.1 Å². The first-order chi connectivity index (χ1) is 7.32. The van der Waals surface area contributed by atoms with Crippen molar-refractivity contribution in [2.75, 3.05) is 18.6 Å². The van der Waals surface area contributed by atoms with Crippen molar-refractivity contribution in [3.05, 3.63) is 12.2 Å². The van der Waals surface area contributed by atoms with Gasteiger partial charge in [-0.3, -0.25) is 4.79 Å². The third kappa shape index (κ3) is 3.34. The number of sulfone groups is 1. The fourth-order valence-electron chi connectivity index (χ4n) is 1.52. The van der Waals surface area contributed by atoms with Gasteiger partial charge in [0.25, 0.3) is 0 Å². The van der Waals surface area contributed by atoms with Crippen LogP contribution in [-0.2, 0) is 19.4 Å². The Morgan fingerprint density at radius 3 is 2.44 bits per heavy atom. The molecule has 0 aromatic heterocycles. The summed E-state index contributed by atoms with van der Waals surface area (Å²) in [6, 6.07) is -0.371. The predicted octanol–water partition coefficient (Wildman–Crippen LogP) is -2.06. The molecule has 0 N–H and O–H groups in total. The molecule has 1 aliphatic rings. The van der Waals surface area contributed by atoms with Gasteiger partial charge in [0.2, 0.25) is 5.91 Å². The minimum absolute atomic E-state index is 0.0611. The van der Waals surface area contributed by atoms with Gasteiger partial charge in [-0.1, -0.05) is 0 Å². The molecule has 0 bridgehead atoms. The number of hydrogen-bond donors (Lipinski definition) is 0. The molecule has 1 atom stereocenters. The van der Waals surface area contributed by atoms with Gasteiger partial charge in [-0.05, 0) is 12.5 Å². The molecular weight excluding hydrogens is 234 g/mol. The summed E-state index contributed by atoms with van der Waals surface area (Å²) >= 11 is 0. The second-order valence-corrected chi connectivity index (χ2v) is 5.89. The largest absolute Gasteiger partial charge is 0.545 e. The SMILES string of the molecule is CN(C(=O)/C=C/C(=O)[O-])[C@H]1CCS(=O)(=O)C1. The molecule has 0 unspecified atom stereocenters. The zero-order valence-electron chi connectivity index (χ0n) is 8.75. The molecule has 1 saturated heterocycles. The molecule has 0 spiro atoms. The quantitative estimate of drug-likeness (QED) is 0.533. The van der Waals surface area contributed by atoms with Crippen molar-refractivity contribution in [1.29, 1.82) is 0 Å². The van der Waals surface area contributed by atoms with E-state index >= 15 is 0 Å². The maximum Gasteiger partial charge on any atom is 0.246 e. The zero-order chi connectivity index (χ0) is 12.3. The molecular formula is C9H12NO5S-. The van der Waals surface area contributed by atoms with Gasteiger partial charge in [-0.2, -0.15) is 0 Å². The van der Waals surface area contributed by atoms with Crippen LogP contribution in [0.5, 0.6) is 0 Å². The van der Waals surface area contributed by atoms with E-state index in [0.29, 0.717) is 12.5 Å². The predicted molar refractivity (Wildman–Crippen MR) is 54.0 cm³/mol. The van der Waals surface area contributed by atoms with Gasteiger partial charge in [-0.15, -0.1) is 0 Å². The summed E-state index contributed by atoms with van der Waals surface area (Å²) in [5.74, 6) is -1.99. The average Bonchev–Trinajstić information content (AvgIpc) is 2.54. The highest BCUT2D eigenvalue weighted by Crippen LogP contribution is 2.16. The van der Waals surface area contributed by atoms with E-state index in [2.05, 4.69) is 0 Å². The summed E-state index contributed by atoms with van der Waals surface area (Å²) in [6.07, 6.45) is 1.88. The molecule has 0 aliphatic carbocycles. The minimum Gasteiger partial charge on any atom is -0.545 e. The first kappa shape index (κ1) is 12.7. The van der Waals surface area contributed by atoms with E-state index in [0.717, 1.165) is 6.08 Å². The Labute approximate surface area is 93.5 Å². The monoisotopic (exact) mass is 246 g/mol. The molecule has 0 aromatic rings. The summed E-state index contributed by atoms with van der Waals surface area (Å²) in [5, 5.41) is 10.1. The molecule has 0 saturated carbocycles. The number of carboxylic acid groups (broad SMARTS) is 1. The number of carbonyl (C=O) groups excluding carboxylic acids is 2. The van der Waals surface area contributed by atoms with Crippen molar-refractivity contribution in [2.45, 2.75) is 12.5 Å². The highest BCUT2D eigenvalue weighted by atomic mass is 32.2. The van der Waals surface area contributed by atoms with Gasteiger partial charge < -0.3 is 14.8 Å². The summed E-state index contributed by atoms with van der Waals surface area (Å²) in [6.45, 7) is 0. The Morgan fingerprint density at radius 2 is 2.00 bits per heavy atom. The lowest BCUT2D eigenvalue weighted by Crippen LogP contribution is -2.37. The molecule has 1 aliphatic heterocycles. The van der Waals surface area contributed by atoms with Crippen molar-refractivity contribution in [3.8, 4) is 0 Å². The van der Waals surface area contributed by atoms with Gasteiger partial charge in [0.15, 0.2) is 9.84 Å². The normalized spacial score (nSPS) is 23.4. The molecule has 1 rings (SSSR count). The lowest BCUT2D eigenvalue weighted by Gasteiger charge is -2.21. The number of carboxylic acids is 1. The molecule has 1 heterocycles. The van der Waals surface area contributed by atoms with Gasteiger partial charge in [-0.25, -0.2) is 8.42 Å². The minimum atomic E-state index is -3.05. The third-order valence-corrected chi connectivity index (χ3v) is 4.22. The lowest BCUT2D eigenvalue weighted by molar-refractivity contribution is -0.297. The Morgan fingerprint density at radius 1 is 1.38 bits per heavy atom. The van der Waals surface area contributed by atoms with Crippen LogP contribution in [-0.4, -0.2) is 49.8 Å². The summed E-state index contributed by atoms with van der Waals surface area (Å²) in [7, 11) is -1.60. The van der Waals surface area contributed by atoms with Crippen LogP contribution < -0.4 is 5.11 Å². The number of likely N-dealkylation sites (N-methyl/N-ethyl adjacent to an activating group) is 1. The standard InChI is InChI=1S/C9H13NO5S/c1-10(8(11)2-3-9(12)13)7-4-5-16(14,15)6-7/h2-3,7H,4-6H2,1H3,(H,12,13)/p-1/b3-2+/t7-/m0/s1. The van der Waals surface area contributed by atoms with E-state index in [1.807, 2.05) is 0 Å². The maximum absolute atomic E-state index is 11.4. The van der Waals surface area contributed by atoms with Gasteiger partial charge in [0.1, 0.15) is 0 Å². The van der Waals surface area contributed by atoms with E-state index < -0.39 is 21.7 Å². The molecule has 1 fully saturated rings. The van der Waals surface area contributed by atoms with E-state index in [1.165, 1.54) is 11.9 Å². The molecule has 0 aromatic carbocycles. The van der Waals surface area contributed by atoms with Crippen LogP contribution in [0, 0.1) is 0 Å². The van der Waals surface area contributed by atoms with Crippen LogP contribution in [0.25, 0.3) is 0 Å². The topological polar surface area (TPSA) is 94.6 Å². The van der Waals surface area contributed by atoms with Crippen molar-refractivity contribution in [1.82, 2.24) is 4.90 Å². The number of hydrogen-bond acceptors (Lipinski definition) is 5. The van der Waals surface area contributed by atoms with Crippen LogP contribution in [0.4, 0.5) is 0 Å². The number of rotatable bonds is 3. The Bertz CT molecular complexity index is 425. The van der Waals surface area contributed by atoms with E-state index in [4.69, 9.17) is 0 Å². The fraction of sp³-hybridized carbons (Fsp3) is 0.556. The van der Waals surface area contributed by atoms with Gasteiger partial charge in [0, 0.05) is 19.2 Å². The van der Waals surface area contributed by atoms with Crippen LogP contribution in [0.2, 0.25) is 0 Å². The molecule has 90 valence electrons. The van der Waals surface area contributed by atoms with Crippen molar-refractivity contribution < 1.29 is 23.1 Å². The maximum atomic E-state index is 11.4. The van der Waals surface area contributed by atoms with E-state index in [-0.39, 0.29) is 17.5 Å². The van der Waals surface area contributed by atoms with Crippen molar-refractivity contribution in [3.63, 3.8) is 0 Å². The molecule has 6 nitrogen and oxygen atoms in total. The van der Waals surface area contributed by atoms with Crippen molar-refractivity contribution in [2.24, 2.45) is 0 Å². The molecule has 1 amide bonds. The second kappa shape index (κ2) is 4.65. The molecule has 7 heteroatoms. The zero-order valence-corrected chi connectivity index (χ0v) is 9.57. The summed E-state index contributed by atoms with van der Waals surface area (Å²) in [4.78, 5) is 22.7. The Hall–Kier alpha value is -1.37. The van der Waals surface area contributed by atoms with Crippen molar-refractivity contribution >= 4 is 21.7 Å². The number of nitrogens with zero attached hydrogens (tertiary/aromatic N) is 1. The second-order valence-electron chi connectivity index (χ2n) is 3.66. The Balaban J connectivity index is 2.62. The van der Waals surface area contributed by atoms with Crippen LogP contribution in [0.3, 0.4) is 0 Å². The average molecular weight is 246 g/mol. The van der Waals surface area contributed by atoms with Crippen LogP contribution in [0.15, 0.2) is 12.2 Å². The summed E-state index contributed by atoms with van der Waals surface area (Å²) in [5.41, 5.74) is 0. The van der Waals surface area contributed by atoms with Gasteiger partial charge >= 0.3 is 0 Å². The third-order valence-electron chi connectivity index (χ3n) is 2.47. The smallest absolute Gasteiger partial charge is 0.246 e.